The average molecular weight is 296 g/mol. The van der Waals surface area contributed by atoms with Crippen LogP contribution in [0.15, 0.2) is 11.6 Å². The Morgan fingerprint density at radius 2 is 2.19 bits per heavy atom. The second-order valence-electron chi connectivity index (χ2n) is 6.72. The first kappa shape index (κ1) is 17.9. The minimum atomic E-state index is -0.988. The lowest BCUT2D eigenvalue weighted by atomic mass is 9.94. The smallest absolute Gasteiger partial charge is 0.314 e. The van der Waals surface area contributed by atoms with Crippen LogP contribution in [0.4, 0.5) is 0 Å². The molecular formula is C17H28O4. The van der Waals surface area contributed by atoms with Crippen molar-refractivity contribution in [1.29, 1.82) is 0 Å². The van der Waals surface area contributed by atoms with E-state index in [0.29, 0.717) is 24.3 Å². The third-order valence-electron chi connectivity index (χ3n) is 4.43. The number of allylic oxidation sites excluding steroid dienone is 2. The van der Waals surface area contributed by atoms with Crippen LogP contribution in [0.5, 0.6) is 0 Å². The topological polar surface area (TPSA) is 63.6 Å². The number of hydrogen-bond donors (Lipinski definition) is 1. The van der Waals surface area contributed by atoms with Crippen LogP contribution in [0, 0.1) is 11.8 Å². The highest BCUT2D eigenvalue weighted by Crippen LogP contribution is 2.28. The largest absolute Gasteiger partial charge is 0.481 e. The van der Waals surface area contributed by atoms with Gasteiger partial charge < -0.3 is 9.84 Å². The molecule has 1 rings (SSSR count). The van der Waals surface area contributed by atoms with Crippen molar-refractivity contribution >= 4 is 11.8 Å². The van der Waals surface area contributed by atoms with Crippen LogP contribution in [-0.4, -0.2) is 29.6 Å². The molecule has 0 radical (unpaired) electrons. The molecule has 1 aliphatic rings. The lowest BCUT2D eigenvalue weighted by Crippen LogP contribution is -2.22. The second-order valence-corrected chi connectivity index (χ2v) is 6.72. The van der Waals surface area contributed by atoms with Gasteiger partial charge in [-0.2, -0.15) is 0 Å². The zero-order valence-corrected chi connectivity index (χ0v) is 13.6. The van der Waals surface area contributed by atoms with E-state index in [1.54, 1.807) is 7.11 Å². The molecule has 1 saturated carbocycles. The van der Waals surface area contributed by atoms with Crippen molar-refractivity contribution in [2.24, 2.45) is 11.8 Å². The summed E-state index contributed by atoms with van der Waals surface area (Å²) in [5.74, 6) is -1.48. The number of rotatable bonds is 8. The summed E-state index contributed by atoms with van der Waals surface area (Å²) in [6.07, 6.45) is 7.07. The first-order chi connectivity index (χ1) is 9.76. The number of carbonyl (C=O) groups excluding carboxylic acids is 1. The molecule has 0 aromatic heterocycles. The zero-order chi connectivity index (χ0) is 16.0. The maximum atomic E-state index is 11.9. The molecule has 2 unspecified atom stereocenters. The minimum absolute atomic E-state index is 0.0751. The van der Waals surface area contributed by atoms with E-state index in [-0.39, 0.29) is 11.4 Å². The number of hydrogen-bond acceptors (Lipinski definition) is 3. The number of carboxylic acid groups (broad SMARTS) is 1. The van der Waals surface area contributed by atoms with E-state index in [2.05, 4.69) is 20.8 Å². The summed E-state index contributed by atoms with van der Waals surface area (Å²) in [5, 5.41) is 8.93. The van der Waals surface area contributed by atoms with Crippen molar-refractivity contribution in [3.8, 4) is 0 Å². The Hall–Kier alpha value is -1.16. The Morgan fingerprint density at radius 3 is 2.71 bits per heavy atom. The second kappa shape index (κ2) is 7.74. The molecule has 0 saturated heterocycles. The molecular weight excluding hydrogens is 268 g/mol. The fourth-order valence-electron chi connectivity index (χ4n) is 2.66. The molecule has 1 fully saturated rings. The lowest BCUT2D eigenvalue weighted by Gasteiger charge is -2.23. The van der Waals surface area contributed by atoms with Gasteiger partial charge in [-0.05, 0) is 51.0 Å². The molecule has 0 aromatic carbocycles. The molecule has 0 aromatic rings. The van der Waals surface area contributed by atoms with Gasteiger partial charge in [-0.25, -0.2) is 0 Å². The van der Waals surface area contributed by atoms with E-state index >= 15 is 0 Å². The van der Waals surface area contributed by atoms with E-state index in [4.69, 9.17) is 9.84 Å². The molecule has 0 aliphatic heterocycles. The monoisotopic (exact) mass is 296 g/mol. The van der Waals surface area contributed by atoms with Gasteiger partial charge in [0.2, 0.25) is 0 Å². The molecule has 4 nitrogen and oxygen atoms in total. The standard InChI is InChI=1S/C17H28O4/c1-12(6-5-11-17(2,3)21-4)7-8-13-9-10-14(15(13)18)16(19)20/h8,12,14H,5-7,9-11H2,1-4H3,(H,19,20). The maximum absolute atomic E-state index is 11.9. The molecule has 4 heteroatoms. The summed E-state index contributed by atoms with van der Waals surface area (Å²) in [6, 6.07) is 0. The van der Waals surface area contributed by atoms with Gasteiger partial charge in [0.15, 0.2) is 5.78 Å². The number of ketones is 1. The minimum Gasteiger partial charge on any atom is -0.481 e. The van der Waals surface area contributed by atoms with Crippen LogP contribution in [0.25, 0.3) is 0 Å². The molecule has 0 spiro atoms. The van der Waals surface area contributed by atoms with Crippen molar-refractivity contribution in [2.45, 2.75) is 64.9 Å². The third kappa shape index (κ3) is 5.62. The summed E-state index contributed by atoms with van der Waals surface area (Å²) in [7, 11) is 1.73. The predicted molar refractivity (Wildman–Crippen MR) is 82.2 cm³/mol. The quantitative estimate of drug-likeness (QED) is 0.549. The fraction of sp³-hybridized carbons (Fsp3) is 0.765. The van der Waals surface area contributed by atoms with E-state index < -0.39 is 11.9 Å². The predicted octanol–water partition coefficient (Wildman–Crippen LogP) is 3.60. The summed E-state index contributed by atoms with van der Waals surface area (Å²) >= 11 is 0. The Kier molecular flexibility index (Phi) is 6.59. The lowest BCUT2D eigenvalue weighted by molar-refractivity contribution is -0.144. The summed E-state index contributed by atoms with van der Waals surface area (Å²) in [6.45, 7) is 6.34. The highest BCUT2D eigenvalue weighted by atomic mass is 16.5. The van der Waals surface area contributed by atoms with E-state index in [9.17, 15) is 9.59 Å². The summed E-state index contributed by atoms with van der Waals surface area (Å²) in [5.41, 5.74) is 0.639. The molecule has 0 amide bonds. The van der Waals surface area contributed by atoms with E-state index in [1.165, 1.54) is 0 Å². The van der Waals surface area contributed by atoms with Crippen LogP contribution < -0.4 is 0 Å². The highest BCUT2D eigenvalue weighted by molar-refractivity contribution is 6.09. The Bertz CT molecular complexity index is 409. The van der Waals surface area contributed by atoms with Gasteiger partial charge in [-0.3, -0.25) is 9.59 Å². The van der Waals surface area contributed by atoms with Gasteiger partial charge in [-0.1, -0.05) is 25.8 Å². The number of aliphatic carboxylic acids is 1. The summed E-state index contributed by atoms with van der Waals surface area (Å²) < 4.78 is 5.40. The van der Waals surface area contributed by atoms with Crippen molar-refractivity contribution < 1.29 is 19.4 Å². The Labute approximate surface area is 127 Å². The van der Waals surface area contributed by atoms with E-state index in [0.717, 1.165) is 25.7 Å². The molecule has 21 heavy (non-hydrogen) atoms. The van der Waals surface area contributed by atoms with Crippen molar-refractivity contribution in [1.82, 2.24) is 0 Å². The third-order valence-corrected chi connectivity index (χ3v) is 4.43. The summed E-state index contributed by atoms with van der Waals surface area (Å²) in [4.78, 5) is 22.8. The Balaban J connectivity index is 2.36. The van der Waals surface area contributed by atoms with Gasteiger partial charge in [0.05, 0.1) is 5.60 Å². The zero-order valence-electron chi connectivity index (χ0n) is 13.6. The molecule has 0 heterocycles. The number of ether oxygens (including phenoxy) is 1. The number of Topliss-reactive ketones (excluding diaryl/α,β-unsaturated/α-hetero) is 1. The van der Waals surface area contributed by atoms with E-state index in [1.807, 2.05) is 6.08 Å². The molecule has 120 valence electrons. The fourth-order valence-corrected chi connectivity index (χ4v) is 2.66. The van der Waals surface area contributed by atoms with Crippen LogP contribution in [0.1, 0.15) is 59.3 Å². The van der Waals surface area contributed by atoms with Gasteiger partial charge in [0, 0.05) is 7.11 Å². The van der Waals surface area contributed by atoms with Crippen LogP contribution in [-0.2, 0) is 14.3 Å². The first-order valence-corrected chi connectivity index (χ1v) is 7.78. The highest BCUT2D eigenvalue weighted by Gasteiger charge is 2.34. The number of methoxy groups -OCH3 is 1. The molecule has 2 atom stereocenters. The number of carboxylic acids is 1. The molecule has 1 aliphatic carbocycles. The average Bonchev–Trinajstić information content (AvgIpc) is 2.77. The molecule has 0 bridgehead atoms. The molecule has 1 N–H and O–H groups in total. The number of carbonyl (C=O) groups is 2. The maximum Gasteiger partial charge on any atom is 0.314 e. The van der Waals surface area contributed by atoms with Crippen molar-refractivity contribution in [3.63, 3.8) is 0 Å². The van der Waals surface area contributed by atoms with Crippen LogP contribution >= 0.6 is 0 Å². The van der Waals surface area contributed by atoms with Crippen molar-refractivity contribution in [2.75, 3.05) is 7.11 Å². The van der Waals surface area contributed by atoms with Gasteiger partial charge >= 0.3 is 5.97 Å². The SMILES string of the molecule is COC(C)(C)CCCC(C)CC=C1CCC(C(=O)O)C1=O. The van der Waals surface area contributed by atoms with Crippen LogP contribution in [0.2, 0.25) is 0 Å². The van der Waals surface area contributed by atoms with Gasteiger partial charge in [0.1, 0.15) is 5.92 Å². The van der Waals surface area contributed by atoms with Gasteiger partial charge in [0.25, 0.3) is 0 Å². The van der Waals surface area contributed by atoms with Crippen LogP contribution in [0.3, 0.4) is 0 Å². The van der Waals surface area contributed by atoms with Crippen molar-refractivity contribution in [3.05, 3.63) is 11.6 Å². The normalized spacial score (nSPS) is 22.8. The first-order valence-electron chi connectivity index (χ1n) is 7.78. The van der Waals surface area contributed by atoms with Gasteiger partial charge in [-0.15, -0.1) is 0 Å². The Morgan fingerprint density at radius 1 is 1.52 bits per heavy atom.